The van der Waals surface area contributed by atoms with Crippen molar-refractivity contribution in [2.24, 2.45) is 0 Å². The zero-order valence-corrected chi connectivity index (χ0v) is 21.2. The molecule has 2 aliphatic rings. The number of aromatic nitrogens is 2. The van der Waals surface area contributed by atoms with E-state index in [4.69, 9.17) is 4.74 Å². The molecule has 3 amide bonds. The smallest absolute Gasteiger partial charge is 0.276 e. The van der Waals surface area contributed by atoms with Crippen molar-refractivity contribution in [1.29, 1.82) is 0 Å². The van der Waals surface area contributed by atoms with Gasteiger partial charge in [-0.15, -0.1) is 0 Å². The zero-order valence-electron chi connectivity index (χ0n) is 21.2. The lowest BCUT2D eigenvalue weighted by atomic mass is 9.94. The maximum absolute atomic E-state index is 13.7. The number of carbonyl (C=O) groups excluding carboxylic acids is 3. The number of hydrogen-bond acceptors (Lipinski definition) is 5. The molecule has 35 heavy (non-hydrogen) atoms. The summed E-state index contributed by atoms with van der Waals surface area (Å²) in [6, 6.07) is 5.67. The van der Waals surface area contributed by atoms with Crippen LogP contribution in [0, 0.1) is 13.8 Å². The summed E-state index contributed by atoms with van der Waals surface area (Å²) < 4.78 is 7.18. The van der Waals surface area contributed by atoms with E-state index in [0.717, 1.165) is 24.0 Å². The van der Waals surface area contributed by atoms with Crippen LogP contribution < -0.4 is 10.6 Å². The van der Waals surface area contributed by atoms with Crippen molar-refractivity contribution >= 4 is 23.4 Å². The molecule has 0 spiro atoms. The van der Waals surface area contributed by atoms with E-state index in [1.165, 1.54) is 6.33 Å². The number of nitrogens with one attached hydrogen (secondary N) is 2. The lowest BCUT2D eigenvalue weighted by molar-refractivity contribution is -0.133. The topological polar surface area (TPSA) is 106 Å². The summed E-state index contributed by atoms with van der Waals surface area (Å²) in [5.41, 5.74) is 1.95. The molecule has 9 heteroatoms. The average molecular weight is 482 g/mol. The van der Waals surface area contributed by atoms with Gasteiger partial charge < -0.3 is 24.8 Å². The van der Waals surface area contributed by atoms with Crippen LogP contribution in [0.3, 0.4) is 0 Å². The van der Waals surface area contributed by atoms with Crippen LogP contribution in [0.2, 0.25) is 0 Å². The molecule has 1 saturated carbocycles. The molecule has 0 saturated heterocycles. The molecule has 2 N–H and O–H groups in total. The Morgan fingerprint density at radius 2 is 2.00 bits per heavy atom. The number of anilines is 1. The van der Waals surface area contributed by atoms with Gasteiger partial charge in [0.15, 0.2) is 5.69 Å². The highest BCUT2D eigenvalue weighted by Crippen LogP contribution is 2.39. The number of aryl methyl sites for hydroxylation is 1. The second-order valence-electron chi connectivity index (χ2n) is 9.98. The number of ether oxygens (including phenoxy) is 1. The molecule has 2 heterocycles. The molecule has 1 fully saturated rings. The largest absolute Gasteiger partial charge is 0.379 e. The summed E-state index contributed by atoms with van der Waals surface area (Å²) in [6.07, 6.45) is 4.00. The molecule has 1 aliphatic heterocycles. The molecule has 0 radical (unpaired) electrons. The van der Waals surface area contributed by atoms with Gasteiger partial charge in [-0.2, -0.15) is 0 Å². The fourth-order valence-electron chi connectivity index (χ4n) is 4.57. The highest BCUT2D eigenvalue weighted by Gasteiger charge is 2.53. The Kier molecular flexibility index (Phi) is 6.98. The Morgan fingerprint density at radius 1 is 1.26 bits per heavy atom. The first kappa shape index (κ1) is 24.9. The Balaban J connectivity index is 1.54. The summed E-state index contributed by atoms with van der Waals surface area (Å²) in [4.78, 5) is 46.1. The van der Waals surface area contributed by atoms with Crippen molar-refractivity contribution in [2.75, 3.05) is 18.5 Å². The Morgan fingerprint density at radius 3 is 2.69 bits per heavy atom. The summed E-state index contributed by atoms with van der Waals surface area (Å²) in [5.74, 6) is -0.971. The quantitative estimate of drug-likeness (QED) is 0.536. The zero-order chi connectivity index (χ0) is 25.3. The molecule has 1 aliphatic carbocycles. The monoisotopic (exact) mass is 481 g/mol. The van der Waals surface area contributed by atoms with Crippen molar-refractivity contribution in [1.82, 2.24) is 19.8 Å². The number of nitrogens with zero attached hydrogens (tertiary/aromatic N) is 3. The third-order valence-electron chi connectivity index (χ3n) is 6.80. The van der Waals surface area contributed by atoms with Gasteiger partial charge in [-0.05, 0) is 71.1 Å². The molecule has 9 nitrogen and oxygen atoms in total. The van der Waals surface area contributed by atoms with Gasteiger partial charge in [0.2, 0.25) is 5.91 Å². The predicted molar refractivity (Wildman–Crippen MR) is 132 cm³/mol. The van der Waals surface area contributed by atoms with Gasteiger partial charge in [-0.25, -0.2) is 4.98 Å². The van der Waals surface area contributed by atoms with E-state index in [0.29, 0.717) is 25.3 Å². The van der Waals surface area contributed by atoms with E-state index < -0.39 is 11.4 Å². The minimum Gasteiger partial charge on any atom is -0.379 e. The van der Waals surface area contributed by atoms with Crippen LogP contribution in [0.25, 0.3) is 0 Å². The molecule has 0 bridgehead atoms. The van der Waals surface area contributed by atoms with E-state index in [9.17, 15) is 14.4 Å². The van der Waals surface area contributed by atoms with Crippen molar-refractivity contribution in [3.63, 3.8) is 0 Å². The number of hydrogen-bond donors (Lipinski definition) is 2. The van der Waals surface area contributed by atoms with Gasteiger partial charge in [-0.3, -0.25) is 14.4 Å². The minimum atomic E-state index is -1.06. The number of rotatable bonds is 9. The van der Waals surface area contributed by atoms with E-state index in [1.807, 2.05) is 45.9 Å². The van der Waals surface area contributed by atoms with Crippen molar-refractivity contribution < 1.29 is 19.1 Å². The van der Waals surface area contributed by atoms with Crippen LogP contribution in [0.1, 0.15) is 72.1 Å². The van der Waals surface area contributed by atoms with E-state index in [1.54, 1.807) is 16.4 Å². The highest BCUT2D eigenvalue weighted by atomic mass is 16.5. The Hall–Kier alpha value is -3.20. The molecule has 1 aromatic heterocycles. The molecule has 188 valence electrons. The SMILES string of the molecule is Cc1cccc(NC(=O)c2ncn3c2C(=O)N(C2CC2)C(C)(C(=O)NCCCOC(C)C)C3)c1C. The van der Waals surface area contributed by atoms with Crippen LogP contribution in [0.5, 0.6) is 0 Å². The second-order valence-corrected chi connectivity index (χ2v) is 9.98. The first-order chi connectivity index (χ1) is 16.6. The highest BCUT2D eigenvalue weighted by molar-refractivity contribution is 6.12. The molecule has 1 unspecified atom stereocenters. The maximum atomic E-state index is 13.7. The summed E-state index contributed by atoms with van der Waals surface area (Å²) >= 11 is 0. The molecular weight excluding hydrogens is 446 g/mol. The summed E-state index contributed by atoms with van der Waals surface area (Å²) in [5, 5.41) is 5.88. The summed E-state index contributed by atoms with van der Waals surface area (Å²) in [6.45, 7) is 10.9. The number of carbonyl (C=O) groups is 3. The number of imidazole rings is 1. The first-order valence-electron chi connectivity index (χ1n) is 12.3. The molecule has 1 aromatic carbocycles. The third-order valence-corrected chi connectivity index (χ3v) is 6.80. The van der Waals surface area contributed by atoms with Crippen LogP contribution in [0.15, 0.2) is 24.5 Å². The van der Waals surface area contributed by atoms with Crippen molar-refractivity contribution in [2.45, 2.75) is 78.1 Å². The van der Waals surface area contributed by atoms with Gasteiger partial charge in [0.1, 0.15) is 11.2 Å². The van der Waals surface area contributed by atoms with Gasteiger partial charge in [0, 0.05) is 24.9 Å². The van der Waals surface area contributed by atoms with Gasteiger partial charge >= 0.3 is 0 Å². The van der Waals surface area contributed by atoms with E-state index in [-0.39, 0.29) is 41.9 Å². The van der Waals surface area contributed by atoms with Gasteiger partial charge in [0.05, 0.1) is 19.0 Å². The van der Waals surface area contributed by atoms with Gasteiger partial charge in [-0.1, -0.05) is 12.1 Å². The van der Waals surface area contributed by atoms with Crippen molar-refractivity contribution in [3.05, 3.63) is 47.0 Å². The molecule has 4 rings (SSSR count). The first-order valence-corrected chi connectivity index (χ1v) is 12.3. The molecule has 1 atom stereocenters. The Bertz CT molecular complexity index is 1140. The summed E-state index contributed by atoms with van der Waals surface area (Å²) in [7, 11) is 0. The number of amides is 3. The van der Waals surface area contributed by atoms with Crippen LogP contribution in [0.4, 0.5) is 5.69 Å². The number of fused-ring (bicyclic) bond motifs is 1. The van der Waals surface area contributed by atoms with Crippen LogP contribution >= 0.6 is 0 Å². The predicted octanol–water partition coefficient (Wildman–Crippen LogP) is 3.06. The number of benzene rings is 1. The van der Waals surface area contributed by atoms with Crippen LogP contribution in [-0.4, -0.2) is 63.0 Å². The Labute approximate surface area is 206 Å². The van der Waals surface area contributed by atoms with Crippen molar-refractivity contribution in [3.8, 4) is 0 Å². The second kappa shape index (κ2) is 9.81. The lowest BCUT2D eigenvalue weighted by Gasteiger charge is -2.44. The standard InChI is InChI=1S/C26H35N5O4/c1-16(2)35-13-7-12-27-25(34)26(5)14-30-15-28-21(22(30)24(33)31(26)19-10-11-19)23(32)29-20-9-6-8-17(3)18(20)4/h6,8-9,15-16,19H,7,10-14H2,1-5H3,(H,27,34)(H,29,32). The van der Waals surface area contributed by atoms with Crippen LogP contribution in [-0.2, 0) is 16.1 Å². The van der Waals surface area contributed by atoms with E-state index in [2.05, 4.69) is 15.6 Å². The fraction of sp³-hybridized carbons (Fsp3) is 0.538. The molecule has 2 aromatic rings. The lowest BCUT2D eigenvalue weighted by Crippen LogP contribution is -2.64. The van der Waals surface area contributed by atoms with E-state index >= 15 is 0 Å². The minimum absolute atomic E-state index is 0.0129. The average Bonchev–Trinajstić information content (AvgIpc) is 3.54. The third kappa shape index (κ3) is 4.96. The maximum Gasteiger partial charge on any atom is 0.276 e. The van der Waals surface area contributed by atoms with Gasteiger partial charge in [0.25, 0.3) is 11.8 Å². The fourth-order valence-corrected chi connectivity index (χ4v) is 4.57. The normalized spacial score (nSPS) is 19.6. The molecular formula is C26H35N5O4.